The molecule has 0 saturated carbocycles. The Hall–Kier alpha value is -1.50. The fourth-order valence-electron chi connectivity index (χ4n) is 2.42. The van der Waals surface area contributed by atoms with E-state index in [0.29, 0.717) is 13.0 Å². The molecule has 0 radical (unpaired) electrons. The number of alkyl carbamates (subject to hydrolysis) is 2. The van der Waals surface area contributed by atoms with Crippen LogP contribution in [0, 0.1) is 11.3 Å². The lowest BCUT2D eigenvalue weighted by Gasteiger charge is -2.33. The number of rotatable bonds is 7. The van der Waals surface area contributed by atoms with E-state index in [1.807, 2.05) is 41.5 Å². The molecule has 3 N–H and O–H groups in total. The van der Waals surface area contributed by atoms with Crippen molar-refractivity contribution in [3.8, 4) is 0 Å². The fraction of sp³-hybridized carbons (Fsp3) is 0.895. The quantitative estimate of drug-likeness (QED) is 0.634. The van der Waals surface area contributed by atoms with Gasteiger partial charge < -0.3 is 25.2 Å². The number of hydrogen-bond donors (Lipinski definition) is 3. The third-order valence-electron chi connectivity index (χ3n) is 3.61. The lowest BCUT2D eigenvalue weighted by Crippen LogP contribution is -2.45. The summed E-state index contributed by atoms with van der Waals surface area (Å²) in [4.78, 5) is 23.7. The SMILES string of the molecule is C[C@@H](NC(=O)OC(C)(C)C)C(CO)CC(C)(C)CNC(=O)OC(C)(C)C. The molecular weight excluding hydrogens is 336 g/mol. The summed E-state index contributed by atoms with van der Waals surface area (Å²) in [5.41, 5.74) is -1.41. The average molecular weight is 375 g/mol. The molecule has 0 aliphatic rings. The second-order valence-corrected chi connectivity index (χ2v) is 9.60. The zero-order valence-corrected chi connectivity index (χ0v) is 17.9. The molecular formula is C19H38N2O5. The summed E-state index contributed by atoms with van der Waals surface area (Å²) in [5, 5.41) is 15.3. The van der Waals surface area contributed by atoms with Gasteiger partial charge in [0.05, 0.1) is 0 Å². The minimum Gasteiger partial charge on any atom is -0.444 e. The molecule has 0 rings (SSSR count). The van der Waals surface area contributed by atoms with E-state index in [-0.39, 0.29) is 24.0 Å². The standard InChI is InChI=1S/C19H38N2O5/c1-13(21-16(24)26-18(5,6)7)14(11-22)10-19(8,9)12-20-15(23)25-17(2,3)4/h13-14,22H,10-12H2,1-9H3,(H,20,23)(H,21,24)/t13-,14?/m1/s1. The highest BCUT2D eigenvalue weighted by Gasteiger charge is 2.29. The number of carbonyl (C=O) groups is 2. The summed E-state index contributed by atoms with van der Waals surface area (Å²) in [5.74, 6) is -0.169. The van der Waals surface area contributed by atoms with Gasteiger partial charge in [0.15, 0.2) is 0 Å². The number of hydrogen-bond acceptors (Lipinski definition) is 5. The van der Waals surface area contributed by atoms with E-state index in [1.165, 1.54) is 0 Å². The Bertz CT molecular complexity index is 464. The molecule has 154 valence electrons. The zero-order chi connectivity index (χ0) is 20.8. The van der Waals surface area contributed by atoms with E-state index >= 15 is 0 Å². The molecule has 0 saturated heterocycles. The van der Waals surface area contributed by atoms with Gasteiger partial charge in [-0.3, -0.25) is 0 Å². The van der Waals surface area contributed by atoms with Crippen molar-refractivity contribution in [2.45, 2.75) is 86.0 Å². The first-order valence-corrected chi connectivity index (χ1v) is 9.12. The van der Waals surface area contributed by atoms with Gasteiger partial charge in [0.2, 0.25) is 0 Å². The predicted molar refractivity (Wildman–Crippen MR) is 102 cm³/mol. The Morgan fingerprint density at radius 2 is 1.38 bits per heavy atom. The summed E-state index contributed by atoms with van der Waals surface area (Å²) < 4.78 is 10.5. The second kappa shape index (κ2) is 9.44. The molecule has 0 bridgehead atoms. The third kappa shape index (κ3) is 12.0. The van der Waals surface area contributed by atoms with Crippen molar-refractivity contribution in [1.29, 1.82) is 0 Å². The van der Waals surface area contributed by atoms with Gasteiger partial charge in [0.25, 0.3) is 0 Å². The molecule has 7 heteroatoms. The lowest BCUT2D eigenvalue weighted by atomic mass is 9.80. The molecule has 0 fully saturated rings. The summed E-state index contributed by atoms with van der Waals surface area (Å²) in [6, 6.07) is -0.268. The molecule has 1 unspecified atom stereocenters. The minimum absolute atomic E-state index is 0.0766. The second-order valence-electron chi connectivity index (χ2n) is 9.60. The monoisotopic (exact) mass is 374 g/mol. The van der Waals surface area contributed by atoms with E-state index < -0.39 is 23.4 Å². The molecule has 7 nitrogen and oxygen atoms in total. The van der Waals surface area contributed by atoms with Gasteiger partial charge in [-0.05, 0) is 60.3 Å². The molecule has 26 heavy (non-hydrogen) atoms. The topological polar surface area (TPSA) is 96.9 Å². The van der Waals surface area contributed by atoms with Gasteiger partial charge >= 0.3 is 12.2 Å². The van der Waals surface area contributed by atoms with Crippen molar-refractivity contribution in [3.63, 3.8) is 0 Å². The van der Waals surface area contributed by atoms with Crippen LogP contribution in [-0.2, 0) is 9.47 Å². The molecule has 0 aliphatic carbocycles. The third-order valence-corrected chi connectivity index (χ3v) is 3.61. The summed E-state index contributed by atoms with van der Waals surface area (Å²) in [6.45, 7) is 17.0. The molecule has 0 spiro atoms. The highest BCUT2D eigenvalue weighted by Crippen LogP contribution is 2.27. The van der Waals surface area contributed by atoms with Crippen LogP contribution in [0.4, 0.5) is 9.59 Å². The van der Waals surface area contributed by atoms with Crippen LogP contribution >= 0.6 is 0 Å². The molecule has 0 heterocycles. The fourth-order valence-corrected chi connectivity index (χ4v) is 2.42. The Morgan fingerprint density at radius 1 is 0.923 bits per heavy atom. The highest BCUT2D eigenvalue weighted by atomic mass is 16.6. The van der Waals surface area contributed by atoms with Crippen molar-refractivity contribution >= 4 is 12.2 Å². The van der Waals surface area contributed by atoms with E-state index in [4.69, 9.17) is 9.47 Å². The number of carbonyl (C=O) groups excluding carboxylic acids is 2. The minimum atomic E-state index is -0.574. The Labute approximate surface area is 158 Å². The first kappa shape index (κ1) is 24.5. The van der Waals surface area contributed by atoms with Gasteiger partial charge in [0, 0.05) is 25.1 Å². The maximum Gasteiger partial charge on any atom is 0.407 e. The van der Waals surface area contributed by atoms with Crippen molar-refractivity contribution < 1.29 is 24.2 Å². The normalized spacial score (nSPS) is 15.0. The Morgan fingerprint density at radius 3 is 1.81 bits per heavy atom. The van der Waals surface area contributed by atoms with Crippen LogP contribution < -0.4 is 10.6 Å². The van der Waals surface area contributed by atoms with E-state index in [9.17, 15) is 14.7 Å². The average Bonchev–Trinajstić information content (AvgIpc) is 2.38. The summed E-state index contributed by atoms with van der Waals surface area (Å²) in [6.07, 6.45) is -0.366. The maximum absolute atomic E-state index is 11.9. The van der Waals surface area contributed by atoms with Gasteiger partial charge in [-0.1, -0.05) is 13.8 Å². The predicted octanol–water partition coefficient (Wildman–Crippen LogP) is 3.45. The molecule has 0 aromatic rings. The van der Waals surface area contributed by atoms with Gasteiger partial charge in [-0.25, -0.2) is 9.59 Å². The van der Waals surface area contributed by atoms with Gasteiger partial charge in [0.1, 0.15) is 11.2 Å². The first-order chi connectivity index (χ1) is 11.5. The van der Waals surface area contributed by atoms with Crippen molar-refractivity contribution in [2.24, 2.45) is 11.3 Å². The Balaban J connectivity index is 4.62. The molecule has 0 aromatic carbocycles. The number of amides is 2. The molecule has 0 aliphatic heterocycles. The van der Waals surface area contributed by atoms with Crippen LogP contribution in [0.5, 0.6) is 0 Å². The maximum atomic E-state index is 11.9. The van der Waals surface area contributed by atoms with E-state index in [0.717, 1.165) is 0 Å². The summed E-state index contributed by atoms with van der Waals surface area (Å²) in [7, 11) is 0. The van der Waals surface area contributed by atoms with Gasteiger partial charge in [-0.15, -0.1) is 0 Å². The zero-order valence-electron chi connectivity index (χ0n) is 17.9. The van der Waals surface area contributed by atoms with Crippen LogP contribution in [0.15, 0.2) is 0 Å². The van der Waals surface area contributed by atoms with E-state index in [2.05, 4.69) is 10.6 Å². The van der Waals surface area contributed by atoms with E-state index in [1.54, 1.807) is 20.8 Å². The lowest BCUT2D eigenvalue weighted by molar-refractivity contribution is 0.0452. The first-order valence-electron chi connectivity index (χ1n) is 9.12. The summed E-state index contributed by atoms with van der Waals surface area (Å²) >= 11 is 0. The number of aliphatic hydroxyl groups excluding tert-OH is 1. The highest BCUT2D eigenvalue weighted by molar-refractivity contribution is 5.68. The van der Waals surface area contributed by atoms with Crippen LogP contribution in [0.2, 0.25) is 0 Å². The largest absolute Gasteiger partial charge is 0.444 e. The smallest absolute Gasteiger partial charge is 0.407 e. The number of ether oxygens (including phenoxy) is 2. The molecule has 0 aromatic heterocycles. The van der Waals surface area contributed by atoms with Crippen LogP contribution in [0.25, 0.3) is 0 Å². The number of aliphatic hydroxyl groups is 1. The van der Waals surface area contributed by atoms with Crippen LogP contribution in [0.3, 0.4) is 0 Å². The molecule has 2 amide bonds. The van der Waals surface area contributed by atoms with Crippen LogP contribution in [-0.4, -0.2) is 47.7 Å². The van der Waals surface area contributed by atoms with Crippen LogP contribution in [0.1, 0.15) is 68.7 Å². The van der Waals surface area contributed by atoms with Gasteiger partial charge in [-0.2, -0.15) is 0 Å². The molecule has 2 atom stereocenters. The van der Waals surface area contributed by atoms with Crippen molar-refractivity contribution in [2.75, 3.05) is 13.2 Å². The van der Waals surface area contributed by atoms with Crippen molar-refractivity contribution in [3.05, 3.63) is 0 Å². The Kier molecular flexibility index (Phi) is 8.90. The van der Waals surface area contributed by atoms with Crippen molar-refractivity contribution in [1.82, 2.24) is 10.6 Å². The number of nitrogens with one attached hydrogen (secondary N) is 2.